The van der Waals surface area contributed by atoms with E-state index >= 15 is 0 Å². The molecule has 0 aliphatic heterocycles. The van der Waals surface area contributed by atoms with Gasteiger partial charge in [0.15, 0.2) is 0 Å². The molecule has 0 saturated heterocycles. The van der Waals surface area contributed by atoms with Crippen molar-refractivity contribution in [2.75, 3.05) is 0 Å². The van der Waals surface area contributed by atoms with Gasteiger partial charge in [-0.3, -0.25) is 0 Å². The predicted molar refractivity (Wildman–Crippen MR) is 85.0 cm³/mol. The van der Waals surface area contributed by atoms with Gasteiger partial charge in [-0.25, -0.2) is 13.1 Å². The summed E-state index contributed by atoms with van der Waals surface area (Å²) in [6, 6.07) is 12.8. The third-order valence-electron chi connectivity index (χ3n) is 3.23. The van der Waals surface area contributed by atoms with Crippen molar-refractivity contribution in [1.82, 2.24) is 9.88 Å². The van der Waals surface area contributed by atoms with Gasteiger partial charge in [0.05, 0.1) is 0 Å². The van der Waals surface area contributed by atoms with Crippen LogP contribution in [0.15, 0.2) is 56.6 Å². The Hall–Kier alpha value is -1.96. The van der Waals surface area contributed by atoms with Gasteiger partial charge in [-0.1, -0.05) is 41.6 Å². The summed E-state index contributed by atoms with van der Waals surface area (Å²) in [5.41, 5.74) is 2.29. The highest BCUT2D eigenvalue weighted by Gasteiger charge is 2.19. The number of rotatable bonds is 5. The monoisotopic (exact) mass is 334 g/mol. The van der Waals surface area contributed by atoms with Crippen LogP contribution in [-0.4, -0.2) is 13.6 Å². The van der Waals surface area contributed by atoms with Gasteiger partial charge in [0.25, 0.3) is 0 Å². The molecule has 5 nitrogen and oxygen atoms in total. The minimum Gasteiger partial charge on any atom is -0.361 e. The van der Waals surface area contributed by atoms with Gasteiger partial charge in [-0.2, -0.15) is 0 Å². The smallest absolute Gasteiger partial charge is 0.250 e. The van der Waals surface area contributed by atoms with Crippen molar-refractivity contribution in [3.05, 3.63) is 59.2 Å². The molecular formula is C15H14N2O3S2. The van der Waals surface area contributed by atoms with Crippen molar-refractivity contribution in [2.24, 2.45) is 0 Å². The Morgan fingerprint density at radius 2 is 1.95 bits per heavy atom. The first-order valence-electron chi connectivity index (χ1n) is 6.61. The summed E-state index contributed by atoms with van der Waals surface area (Å²) in [6.45, 7) is 1.91. The Morgan fingerprint density at radius 1 is 1.18 bits per heavy atom. The molecule has 0 atom stereocenters. The second kappa shape index (κ2) is 6.04. The quantitative estimate of drug-likeness (QED) is 0.778. The zero-order valence-electron chi connectivity index (χ0n) is 11.8. The number of thiophene rings is 1. The lowest BCUT2D eigenvalue weighted by Gasteiger charge is -2.05. The van der Waals surface area contributed by atoms with Crippen LogP contribution in [0, 0.1) is 6.92 Å². The molecule has 3 aromatic rings. The second-order valence-corrected chi connectivity index (χ2v) is 7.63. The first-order chi connectivity index (χ1) is 10.6. The van der Waals surface area contributed by atoms with Crippen molar-refractivity contribution in [3.63, 3.8) is 0 Å². The Balaban J connectivity index is 1.86. The van der Waals surface area contributed by atoms with Gasteiger partial charge in [0.2, 0.25) is 10.0 Å². The van der Waals surface area contributed by atoms with Gasteiger partial charge >= 0.3 is 0 Å². The highest BCUT2D eigenvalue weighted by atomic mass is 32.2. The van der Waals surface area contributed by atoms with Crippen LogP contribution in [0.5, 0.6) is 0 Å². The van der Waals surface area contributed by atoms with Crippen molar-refractivity contribution in [1.29, 1.82) is 0 Å². The summed E-state index contributed by atoms with van der Waals surface area (Å²) in [6.07, 6.45) is 0. The summed E-state index contributed by atoms with van der Waals surface area (Å²) in [7, 11) is -3.51. The Kier molecular flexibility index (Phi) is 4.10. The van der Waals surface area contributed by atoms with Crippen molar-refractivity contribution in [3.8, 4) is 11.3 Å². The van der Waals surface area contributed by atoms with Crippen molar-refractivity contribution < 1.29 is 12.9 Å². The van der Waals surface area contributed by atoms with E-state index in [1.165, 1.54) is 11.3 Å². The molecule has 2 heterocycles. The lowest BCUT2D eigenvalue weighted by Crippen LogP contribution is -2.22. The van der Waals surface area contributed by atoms with Gasteiger partial charge < -0.3 is 4.52 Å². The fraction of sp³-hybridized carbons (Fsp3) is 0.133. The molecule has 2 aromatic heterocycles. The maximum atomic E-state index is 12.2. The highest BCUT2D eigenvalue weighted by Crippen LogP contribution is 2.25. The van der Waals surface area contributed by atoms with Crippen LogP contribution in [0.2, 0.25) is 0 Å². The van der Waals surface area contributed by atoms with Gasteiger partial charge in [-0.15, -0.1) is 11.3 Å². The van der Waals surface area contributed by atoms with E-state index in [9.17, 15) is 8.42 Å². The highest BCUT2D eigenvalue weighted by molar-refractivity contribution is 7.91. The van der Waals surface area contributed by atoms with Crippen molar-refractivity contribution >= 4 is 21.4 Å². The molecule has 1 aromatic carbocycles. The van der Waals surface area contributed by atoms with Crippen LogP contribution < -0.4 is 4.72 Å². The molecule has 3 rings (SSSR count). The first-order valence-corrected chi connectivity index (χ1v) is 8.98. The summed E-state index contributed by atoms with van der Waals surface area (Å²) in [5.74, 6) is 0.604. The molecular weight excluding hydrogens is 320 g/mol. The fourth-order valence-electron chi connectivity index (χ4n) is 2.08. The zero-order chi connectivity index (χ0) is 15.6. The SMILES string of the molecule is Cc1onc(-c2ccccc2)c1CNS(=O)(=O)c1cccs1. The number of aromatic nitrogens is 1. The first kappa shape index (κ1) is 15.0. The Morgan fingerprint density at radius 3 is 2.64 bits per heavy atom. The maximum absolute atomic E-state index is 12.2. The predicted octanol–water partition coefficient (Wildman–Crippen LogP) is 3.19. The van der Waals surface area contributed by atoms with Crippen LogP contribution in [0.1, 0.15) is 11.3 Å². The molecule has 7 heteroatoms. The molecule has 0 bridgehead atoms. The van der Waals surface area contributed by atoms with E-state index in [1.807, 2.05) is 30.3 Å². The molecule has 0 aliphatic carbocycles. The average molecular weight is 334 g/mol. The molecule has 22 heavy (non-hydrogen) atoms. The Bertz CT molecular complexity index is 854. The lowest BCUT2D eigenvalue weighted by molar-refractivity contribution is 0.398. The van der Waals surface area contributed by atoms with Crippen LogP contribution in [0.25, 0.3) is 11.3 Å². The molecule has 0 radical (unpaired) electrons. The lowest BCUT2D eigenvalue weighted by atomic mass is 10.1. The number of hydrogen-bond donors (Lipinski definition) is 1. The van der Waals surface area contributed by atoms with Crippen LogP contribution in [0.3, 0.4) is 0 Å². The zero-order valence-corrected chi connectivity index (χ0v) is 13.4. The number of aryl methyl sites for hydroxylation is 1. The minimum absolute atomic E-state index is 0.139. The summed E-state index contributed by atoms with van der Waals surface area (Å²) < 4.78 is 32.5. The molecule has 0 unspecified atom stereocenters. The average Bonchev–Trinajstić information content (AvgIpc) is 3.16. The minimum atomic E-state index is -3.51. The number of nitrogens with one attached hydrogen (secondary N) is 1. The topological polar surface area (TPSA) is 72.2 Å². The van der Waals surface area contributed by atoms with Gasteiger partial charge in [0.1, 0.15) is 15.7 Å². The number of hydrogen-bond acceptors (Lipinski definition) is 5. The van der Waals surface area contributed by atoms with E-state index in [2.05, 4.69) is 9.88 Å². The van der Waals surface area contributed by atoms with Gasteiger partial charge in [-0.05, 0) is 18.4 Å². The van der Waals surface area contributed by atoms with E-state index in [4.69, 9.17) is 4.52 Å². The standard InChI is InChI=1S/C15H14N2O3S2/c1-11-13(10-16-22(18,19)14-8-5-9-21-14)15(17-20-11)12-6-3-2-4-7-12/h2-9,16H,10H2,1H3. The van der Waals surface area contributed by atoms with E-state index in [0.29, 0.717) is 15.7 Å². The summed E-state index contributed by atoms with van der Waals surface area (Å²) in [5, 5.41) is 5.77. The van der Waals surface area contributed by atoms with Crippen molar-refractivity contribution in [2.45, 2.75) is 17.7 Å². The maximum Gasteiger partial charge on any atom is 0.250 e. The molecule has 1 N–H and O–H groups in total. The molecule has 0 fully saturated rings. The fourth-order valence-corrected chi connectivity index (χ4v) is 4.11. The van der Waals surface area contributed by atoms with E-state index in [-0.39, 0.29) is 6.54 Å². The molecule has 114 valence electrons. The molecule has 0 spiro atoms. The number of nitrogens with zero attached hydrogens (tertiary/aromatic N) is 1. The Labute approximate surface area is 132 Å². The second-order valence-electron chi connectivity index (χ2n) is 4.69. The van der Waals surface area contributed by atoms with E-state index in [1.54, 1.807) is 24.4 Å². The van der Waals surface area contributed by atoms with E-state index in [0.717, 1.165) is 11.1 Å². The molecule has 0 saturated carbocycles. The number of sulfonamides is 1. The normalized spacial score (nSPS) is 11.7. The largest absolute Gasteiger partial charge is 0.361 e. The summed E-state index contributed by atoms with van der Waals surface area (Å²) in [4.78, 5) is 0. The molecule has 0 amide bonds. The number of benzene rings is 1. The summed E-state index contributed by atoms with van der Waals surface area (Å²) >= 11 is 1.18. The van der Waals surface area contributed by atoms with Crippen LogP contribution >= 0.6 is 11.3 Å². The van der Waals surface area contributed by atoms with Crippen LogP contribution in [-0.2, 0) is 16.6 Å². The van der Waals surface area contributed by atoms with Crippen LogP contribution in [0.4, 0.5) is 0 Å². The third kappa shape index (κ3) is 2.96. The molecule has 0 aliphatic rings. The third-order valence-corrected chi connectivity index (χ3v) is 6.03. The van der Waals surface area contributed by atoms with E-state index < -0.39 is 10.0 Å². The van der Waals surface area contributed by atoms with Gasteiger partial charge in [0, 0.05) is 17.7 Å².